The van der Waals surface area contributed by atoms with E-state index in [9.17, 15) is 0 Å². The van der Waals surface area contributed by atoms with Crippen molar-refractivity contribution >= 4 is 29.9 Å². The molecule has 0 aromatic carbocycles. The van der Waals surface area contributed by atoms with Crippen molar-refractivity contribution in [2.24, 2.45) is 10.9 Å². The van der Waals surface area contributed by atoms with Gasteiger partial charge in [-0.05, 0) is 19.3 Å². The van der Waals surface area contributed by atoms with E-state index in [0.29, 0.717) is 5.92 Å². The lowest BCUT2D eigenvalue weighted by atomic mass is 10.1. The van der Waals surface area contributed by atoms with Crippen LogP contribution in [-0.4, -0.2) is 52.5 Å². The second kappa shape index (κ2) is 13.9. The van der Waals surface area contributed by atoms with Crippen LogP contribution >= 0.6 is 24.0 Å². The summed E-state index contributed by atoms with van der Waals surface area (Å²) in [5.41, 5.74) is 0. The number of nitrogens with one attached hydrogen (secondary N) is 2. The number of nitrogens with zero attached hydrogens (tertiary/aromatic N) is 1. The molecule has 1 saturated heterocycles. The Balaban J connectivity index is 0.00000361. The van der Waals surface area contributed by atoms with Gasteiger partial charge in [0.1, 0.15) is 0 Å². The Kier molecular flexibility index (Phi) is 13.8. The number of hydrogen-bond acceptors (Lipinski definition) is 3. The van der Waals surface area contributed by atoms with Crippen molar-refractivity contribution in [2.45, 2.75) is 32.6 Å². The smallest absolute Gasteiger partial charge is 0.190 e. The van der Waals surface area contributed by atoms with Crippen molar-refractivity contribution in [1.82, 2.24) is 10.6 Å². The molecular formula is C14H30IN3O2. The van der Waals surface area contributed by atoms with Crippen LogP contribution < -0.4 is 10.6 Å². The molecule has 0 amide bonds. The fourth-order valence-corrected chi connectivity index (χ4v) is 1.94. The van der Waals surface area contributed by atoms with E-state index in [-0.39, 0.29) is 24.0 Å². The van der Waals surface area contributed by atoms with Gasteiger partial charge in [-0.15, -0.1) is 24.0 Å². The van der Waals surface area contributed by atoms with E-state index in [2.05, 4.69) is 22.5 Å². The molecule has 1 aliphatic heterocycles. The fraction of sp³-hybridized carbons (Fsp3) is 0.929. The number of aliphatic imine (C=N–C) groups is 1. The van der Waals surface area contributed by atoms with Gasteiger partial charge in [-0.25, -0.2) is 0 Å². The number of hydrogen-bond donors (Lipinski definition) is 2. The SMILES string of the molecule is CCCCOCCCNC(=NC)NCC1CCOC1.I. The average molecular weight is 399 g/mol. The maximum atomic E-state index is 5.51. The van der Waals surface area contributed by atoms with Crippen LogP contribution in [0.3, 0.4) is 0 Å². The molecule has 1 fully saturated rings. The molecule has 0 aromatic heterocycles. The Hall–Kier alpha value is -0.0800. The van der Waals surface area contributed by atoms with E-state index in [1.54, 1.807) is 7.05 Å². The van der Waals surface area contributed by atoms with Crippen LogP contribution in [0.1, 0.15) is 32.6 Å². The number of unbranched alkanes of at least 4 members (excludes halogenated alkanes) is 1. The standard InChI is InChI=1S/C14H29N3O2.HI/c1-3-4-8-18-9-5-7-16-14(15-2)17-11-13-6-10-19-12-13;/h13H,3-12H2,1-2H3,(H2,15,16,17);1H. The van der Waals surface area contributed by atoms with Crippen molar-refractivity contribution in [3.05, 3.63) is 0 Å². The molecule has 6 heteroatoms. The van der Waals surface area contributed by atoms with Gasteiger partial charge in [0.15, 0.2) is 5.96 Å². The predicted molar refractivity (Wildman–Crippen MR) is 94.0 cm³/mol. The largest absolute Gasteiger partial charge is 0.381 e. The van der Waals surface area contributed by atoms with Gasteiger partial charge in [0, 0.05) is 45.9 Å². The zero-order chi connectivity index (χ0) is 13.8. The molecule has 0 bridgehead atoms. The quantitative estimate of drug-likeness (QED) is 0.270. The molecule has 2 N–H and O–H groups in total. The lowest BCUT2D eigenvalue weighted by molar-refractivity contribution is 0.129. The first kappa shape index (κ1) is 19.9. The van der Waals surface area contributed by atoms with Gasteiger partial charge in [0.2, 0.25) is 0 Å². The summed E-state index contributed by atoms with van der Waals surface area (Å²) in [7, 11) is 1.80. The zero-order valence-electron chi connectivity index (χ0n) is 12.8. The maximum Gasteiger partial charge on any atom is 0.190 e. The van der Waals surface area contributed by atoms with E-state index in [1.165, 1.54) is 6.42 Å². The fourth-order valence-electron chi connectivity index (χ4n) is 1.94. The van der Waals surface area contributed by atoms with Crippen LogP contribution in [0.5, 0.6) is 0 Å². The minimum absolute atomic E-state index is 0. The van der Waals surface area contributed by atoms with Gasteiger partial charge in [-0.2, -0.15) is 0 Å². The number of ether oxygens (including phenoxy) is 2. The third-order valence-corrected chi connectivity index (χ3v) is 3.21. The summed E-state index contributed by atoms with van der Waals surface area (Å²) in [5, 5.41) is 6.64. The highest BCUT2D eigenvalue weighted by Gasteiger charge is 2.15. The van der Waals surface area contributed by atoms with Crippen LogP contribution in [0, 0.1) is 5.92 Å². The summed E-state index contributed by atoms with van der Waals surface area (Å²) in [5.74, 6) is 1.50. The van der Waals surface area contributed by atoms with Crippen molar-refractivity contribution in [3.8, 4) is 0 Å². The van der Waals surface area contributed by atoms with Crippen molar-refractivity contribution in [3.63, 3.8) is 0 Å². The Morgan fingerprint density at radius 1 is 1.30 bits per heavy atom. The molecule has 120 valence electrons. The highest BCUT2D eigenvalue weighted by Crippen LogP contribution is 2.10. The molecule has 0 aromatic rings. The van der Waals surface area contributed by atoms with Crippen LogP contribution in [-0.2, 0) is 9.47 Å². The lowest BCUT2D eigenvalue weighted by Gasteiger charge is -2.14. The van der Waals surface area contributed by atoms with E-state index in [1.807, 2.05) is 0 Å². The molecule has 0 aliphatic carbocycles. The predicted octanol–water partition coefficient (Wildman–Crippen LogP) is 2.01. The lowest BCUT2D eigenvalue weighted by Crippen LogP contribution is -2.40. The third kappa shape index (κ3) is 9.77. The van der Waals surface area contributed by atoms with Gasteiger partial charge in [0.05, 0.1) is 6.61 Å². The van der Waals surface area contributed by atoms with E-state index >= 15 is 0 Å². The molecular weight excluding hydrogens is 369 g/mol. The number of halogens is 1. The average Bonchev–Trinajstić information content (AvgIpc) is 2.94. The molecule has 1 heterocycles. The van der Waals surface area contributed by atoms with Gasteiger partial charge in [0.25, 0.3) is 0 Å². The summed E-state index contributed by atoms with van der Waals surface area (Å²) in [4.78, 5) is 4.21. The van der Waals surface area contributed by atoms with E-state index in [0.717, 1.165) is 64.7 Å². The van der Waals surface area contributed by atoms with Crippen molar-refractivity contribution < 1.29 is 9.47 Å². The van der Waals surface area contributed by atoms with E-state index < -0.39 is 0 Å². The summed E-state index contributed by atoms with van der Waals surface area (Å²) >= 11 is 0. The first-order chi connectivity index (χ1) is 9.36. The molecule has 20 heavy (non-hydrogen) atoms. The second-order valence-electron chi connectivity index (χ2n) is 4.93. The van der Waals surface area contributed by atoms with Crippen LogP contribution in [0.15, 0.2) is 4.99 Å². The topological polar surface area (TPSA) is 54.9 Å². The summed E-state index contributed by atoms with van der Waals surface area (Å²) in [6.07, 6.45) is 4.51. The third-order valence-electron chi connectivity index (χ3n) is 3.21. The zero-order valence-corrected chi connectivity index (χ0v) is 15.2. The van der Waals surface area contributed by atoms with E-state index in [4.69, 9.17) is 9.47 Å². The molecule has 1 atom stereocenters. The highest BCUT2D eigenvalue weighted by molar-refractivity contribution is 14.0. The monoisotopic (exact) mass is 399 g/mol. The Morgan fingerprint density at radius 3 is 2.75 bits per heavy atom. The van der Waals surface area contributed by atoms with Crippen LogP contribution in [0.4, 0.5) is 0 Å². The molecule has 1 aliphatic rings. The highest BCUT2D eigenvalue weighted by atomic mass is 127. The second-order valence-corrected chi connectivity index (χ2v) is 4.93. The molecule has 1 unspecified atom stereocenters. The molecule has 1 rings (SSSR count). The van der Waals surface area contributed by atoms with Crippen molar-refractivity contribution in [2.75, 3.05) is 46.6 Å². The first-order valence-electron chi connectivity index (χ1n) is 7.46. The maximum absolute atomic E-state index is 5.51. The van der Waals surface area contributed by atoms with Crippen molar-refractivity contribution in [1.29, 1.82) is 0 Å². The van der Waals surface area contributed by atoms with Gasteiger partial charge in [-0.3, -0.25) is 4.99 Å². The Morgan fingerprint density at radius 2 is 2.10 bits per heavy atom. The minimum atomic E-state index is 0. The molecule has 5 nitrogen and oxygen atoms in total. The van der Waals surface area contributed by atoms with Gasteiger partial charge in [-0.1, -0.05) is 13.3 Å². The molecule has 0 spiro atoms. The van der Waals surface area contributed by atoms with Crippen LogP contribution in [0.2, 0.25) is 0 Å². The summed E-state index contributed by atoms with van der Waals surface area (Å²) in [6.45, 7) is 7.48. The first-order valence-corrected chi connectivity index (χ1v) is 7.46. The number of guanidine groups is 1. The van der Waals surface area contributed by atoms with Gasteiger partial charge >= 0.3 is 0 Å². The Bertz CT molecular complexity index is 247. The minimum Gasteiger partial charge on any atom is -0.381 e. The normalized spacial score (nSPS) is 18.7. The number of rotatable bonds is 9. The van der Waals surface area contributed by atoms with Gasteiger partial charge < -0.3 is 20.1 Å². The molecule has 0 radical (unpaired) electrons. The van der Waals surface area contributed by atoms with Crippen LogP contribution in [0.25, 0.3) is 0 Å². The summed E-state index contributed by atoms with van der Waals surface area (Å²) in [6, 6.07) is 0. The Labute approximate surface area is 140 Å². The summed E-state index contributed by atoms with van der Waals surface area (Å²) < 4.78 is 10.9. The molecule has 0 saturated carbocycles.